The first-order chi connectivity index (χ1) is 10.4. The van der Waals surface area contributed by atoms with Gasteiger partial charge in [-0.1, -0.05) is 48.6 Å². The Hall–Kier alpha value is -0.790. The SMILES string of the molecule is CNCCCC12CCC(C3C=CC=CC31)C1C=CC=CC12.Cl. The van der Waals surface area contributed by atoms with E-state index in [1.807, 2.05) is 0 Å². The molecule has 1 N–H and O–H groups in total. The summed E-state index contributed by atoms with van der Waals surface area (Å²) in [4.78, 5) is 0. The second-order valence-electron chi connectivity index (χ2n) is 7.39. The molecule has 0 spiro atoms. The van der Waals surface area contributed by atoms with E-state index in [1.54, 1.807) is 0 Å². The number of hydrogen-bond acceptors (Lipinski definition) is 1. The zero-order valence-corrected chi connectivity index (χ0v) is 14.3. The van der Waals surface area contributed by atoms with Crippen molar-refractivity contribution >= 4 is 12.4 Å². The van der Waals surface area contributed by atoms with Gasteiger partial charge in [0.25, 0.3) is 0 Å². The van der Waals surface area contributed by atoms with Crippen molar-refractivity contribution in [2.75, 3.05) is 13.6 Å². The number of allylic oxidation sites excluding steroid dienone is 8. The fourth-order valence-corrected chi connectivity index (χ4v) is 5.90. The Balaban J connectivity index is 0.00000144. The van der Waals surface area contributed by atoms with E-state index in [0.29, 0.717) is 5.41 Å². The van der Waals surface area contributed by atoms with E-state index in [0.717, 1.165) is 36.1 Å². The van der Waals surface area contributed by atoms with E-state index in [1.165, 1.54) is 25.7 Å². The van der Waals surface area contributed by atoms with Gasteiger partial charge in [-0.05, 0) is 74.3 Å². The minimum absolute atomic E-state index is 0. The van der Waals surface area contributed by atoms with E-state index in [-0.39, 0.29) is 12.4 Å². The van der Waals surface area contributed by atoms with Crippen LogP contribution in [0.2, 0.25) is 0 Å². The Labute approximate surface area is 141 Å². The lowest BCUT2D eigenvalue weighted by Crippen LogP contribution is -2.57. The monoisotopic (exact) mass is 317 g/mol. The second-order valence-corrected chi connectivity index (χ2v) is 7.39. The molecule has 0 aliphatic heterocycles. The van der Waals surface area contributed by atoms with Crippen molar-refractivity contribution in [2.45, 2.75) is 25.7 Å². The van der Waals surface area contributed by atoms with Crippen LogP contribution in [0.5, 0.6) is 0 Å². The molecule has 3 fully saturated rings. The number of rotatable bonds is 4. The molecule has 120 valence electrons. The van der Waals surface area contributed by atoms with Crippen molar-refractivity contribution in [3.63, 3.8) is 0 Å². The smallest absolute Gasteiger partial charge is 0.00517 e. The highest BCUT2D eigenvalue weighted by Crippen LogP contribution is 2.66. The molecule has 0 amide bonds. The third-order valence-corrected chi connectivity index (χ3v) is 6.68. The number of hydrogen-bond donors (Lipinski definition) is 1. The van der Waals surface area contributed by atoms with Crippen LogP contribution >= 0.6 is 12.4 Å². The molecule has 1 nitrogen and oxygen atoms in total. The van der Waals surface area contributed by atoms with Crippen LogP contribution in [-0.4, -0.2) is 13.6 Å². The lowest BCUT2D eigenvalue weighted by molar-refractivity contribution is -0.0901. The summed E-state index contributed by atoms with van der Waals surface area (Å²) in [6, 6.07) is 0. The fourth-order valence-electron chi connectivity index (χ4n) is 5.90. The average molecular weight is 318 g/mol. The van der Waals surface area contributed by atoms with Crippen LogP contribution in [0.25, 0.3) is 0 Å². The third-order valence-electron chi connectivity index (χ3n) is 6.68. The van der Waals surface area contributed by atoms with Gasteiger partial charge < -0.3 is 5.32 Å². The zero-order chi connectivity index (χ0) is 14.3. The molecule has 2 heteroatoms. The Morgan fingerprint density at radius 1 is 0.955 bits per heavy atom. The quantitative estimate of drug-likeness (QED) is 0.751. The fraction of sp³-hybridized carbons (Fsp3) is 0.600. The molecule has 0 aromatic rings. The van der Waals surface area contributed by atoms with Gasteiger partial charge in [-0.2, -0.15) is 0 Å². The van der Waals surface area contributed by atoms with Gasteiger partial charge in [-0.15, -0.1) is 12.4 Å². The third kappa shape index (κ3) is 2.25. The molecule has 3 saturated carbocycles. The normalized spacial score (nSPS) is 43.6. The number of fused-ring (bicyclic) bond motifs is 1. The van der Waals surface area contributed by atoms with Crippen LogP contribution in [0.4, 0.5) is 0 Å². The minimum Gasteiger partial charge on any atom is -0.320 e. The first kappa shape index (κ1) is 16.1. The molecule has 4 unspecified atom stereocenters. The van der Waals surface area contributed by atoms with Crippen molar-refractivity contribution in [3.8, 4) is 0 Å². The largest absolute Gasteiger partial charge is 0.320 e. The van der Waals surface area contributed by atoms with Crippen LogP contribution in [0.3, 0.4) is 0 Å². The molecule has 0 heterocycles. The Morgan fingerprint density at radius 2 is 1.55 bits per heavy atom. The molecule has 0 aromatic heterocycles. The van der Waals surface area contributed by atoms with Crippen LogP contribution in [-0.2, 0) is 0 Å². The molecule has 5 rings (SSSR count). The lowest BCUT2D eigenvalue weighted by atomic mass is 9.41. The standard InChI is InChI=1S/C20H27N.ClH/c1-21-14-6-12-20-13-11-15(16-7-2-4-9-18(16)20)17-8-3-5-10-19(17)20;/h2-5,7-10,15-19,21H,6,11-14H2,1H3;1H. The maximum Gasteiger partial charge on any atom is -0.00517 e. The average Bonchev–Trinajstić information content (AvgIpc) is 2.56. The van der Waals surface area contributed by atoms with Gasteiger partial charge >= 0.3 is 0 Å². The Morgan fingerprint density at radius 3 is 2.14 bits per heavy atom. The molecule has 2 bridgehead atoms. The predicted octanol–water partition coefficient (Wildman–Crippen LogP) is 4.53. The molecule has 0 radical (unpaired) electrons. The van der Waals surface area contributed by atoms with Gasteiger partial charge in [0.15, 0.2) is 0 Å². The molecular weight excluding hydrogens is 290 g/mol. The van der Waals surface area contributed by atoms with Crippen LogP contribution < -0.4 is 5.32 Å². The van der Waals surface area contributed by atoms with Crippen molar-refractivity contribution in [1.29, 1.82) is 0 Å². The molecular formula is C20H28ClN. The van der Waals surface area contributed by atoms with Crippen LogP contribution in [0.1, 0.15) is 25.7 Å². The zero-order valence-electron chi connectivity index (χ0n) is 13.4. The minimum atomic E-state index is 0. The number of nitrogens with one attached hydrogen (secondary N) is 1. The summed E-state index contributed by atoms with van der Waals surface area (Å²) in [6.07, 6.45) is 24.9. The summed E-state index contributed by atoms with van der Waals surface area (Å²) in [5.74, 6) is 3.99. The Bertz CT molecular complexity index is 480. The summed E-state index contributed by atoms with van der Waals surface area (Å²) in [7, 11) is 2.08. The van der Waals surface area contributed by atoms with Gasteiger partial charge in [-0.3, -0.25) is 0 Å². The van der Waals surface area contributed by atoms with E-state index in [9.17, 15) is 0 Å². The summed E-state index contributed by atoms with van der Waals surface area (Å²) in [5, 5.41) is 3.34. The maximum atomic E-state index is 3.34. The molecule has 0 aromatic carbocycles. The van der Waals surface area contributed by atoms with Crippen molar-refractivity contribution in [1.82, 2.24) is 5.32 Å². The summed E-state index contributed by atoms with van der Waals surface area (Å²) < 4.78 is 0. The van der Waals surface area contributed by atoms with Crippen molar-refractivity contribution < 1.29 is 0 Å². The topological polar surface area (TPSA) is 12.0 Å². The van der Waals surface area contributed by atoms with Gasteiger partial charge in [0, 0.05) is 0 Å². The highest BCUT2D eigenvalue weighted by molar-refractivity contribution is 5.85. The highest BCUT2D eigenvalue weighted by Gasteiger charge is 2.59. The van der Waals surface area contributed by atoms with Gasteiger partial charge in [0.1, 0.15) is 0 Å². The first-order valence-electron chi connectivity index (χ1n) is 8.71. The van der Waals surface area contributed by atoms with Gasteiger partial charge in [0.2, 0.25) is 0 Å². The summed E-state index contributed by atoms with van der Waals surface area (Å²) in [6.45, 7) is 1.15. The van der Waals surface area contributed by atoms with Crippen molar-refractivity contribution in [2.24, 2.45) is 35.0 Å². The molecule has 0 saturated heterocycles. The van der Waals surface area contributed by atoms with Crippen LogP contribution in [0.15, 0.2) is 48.6 Å². The van der Waals surface area contributed by atoms with E-state index >= 15 is 0 Å². The van der Waals surface area contributed by atoms with Gasteiger partial charge in [0.05, 0.1) is 0 Å². The van der Waals surface area contributed by atoms with Crippen LogP contribution in [0, 0.1) is 35.0 Å². The highest BCUT2D eigenvalue weighted by atomic mass is 35.5. The molecule has 5 aliphatic carbocycles. The lowest BCUT2D eigenvalue weighted by Gasteiger charge is -2.63. The molecule has 4 atom stereocenters. The second kappa shape index (κ2) is 6.37. The Kier molecular flexibility index (Phi) is 4.66. The molecule has 22 heavy (non-hydrogen) atoms. The summed E-state index contributed by atoms with van der Waals surface area (Å²) in [5.41, 5.74) is 0.503. The van der Waals surface area contributed by atoms with E-state index < -0.39 is 0 Å². The maximum absolute atomic E-state index is 3.34. The summed E-state index contributed by atoms with van der Waals surface area (Å²) >= 11 is 0. The van der Waals surface area contributed by atoms with E-state index in [2.05, 4.69) is 61.0 Å². The molecule has 5 aliphatic rings. The van der Waals surface area contributed by atoms with Crippen molar-refractivity contribution in [3.05, 3.63) is 48.6 Å². The first-order valence-corrected chi connectivity index (χ1v) is 8.71. The van der Waals surface area contributed by atoms with E-state index in [4.69, 9.17) is 0 Å². The number of halogens is 1. The van der Waals surface area contributed by atoms with Gasteiger partial charge in [-0.25, -0.2) is 0 Å². The predicted molar refractivity (Wildman–Crippen MR) is 96.1 cm³/mol.